The Bertz CT molecular complexity index is 349. The zero-order chi connectivity index (χ0) is 10.7. The van der Waals surface area contributed by atoms with Crippen molar-refractivity contribution in [2.75, 3.05) is 11.9 Å². The Hall–Kier alpha value is -1.65. The van der Waals surface area contributed by atoms with Crippen LogP contribution in [0.25, 0.3) is 0 Å². The molecule has 0 spiro atoms. The lowest BCUT2D eigenvalue weighted by molar-refractivity contribution is -0.153. The van der Waals surface area contributed by atoms with Crippen molar-refractivity contribution < 1.29 is 9.90 Å². The van der Waals surface area contributed by atoms with Crippen LogP contribution in [0.15, 0.2) is 18.6 Å². The molecule has 0 aromatic carbocycles. The number of anilines is 1. The molecule has 1 aliphatic rings. The SMILES string of the molecule is O=C(O)C1(CNc2ccncn2)CCC1. The minimum atomic E-state index is -0.713. The zero-order valence-electron chi connectivity index (χ0n) is 8.31. The zero-order valence-corrected chi connectivity index (χ0v) is 8.31. The van der Waals surface area contributed by atoms with Crippen molar-refractivity contribution in [1.29, 1.82) is 0 Å². The first-order valence-corrected chi connectivity index (χ1v) is 4.96. The molecule has 2 N–H and O–H groups in total. The summed E-state index contributed by atoms with van der Waals surface area (Å²) in [7, 11) is 0. The Kier molecular flexibility index (Phi) is 2.53. The predicted octanol–water partition coefficient (Wildman–Crippen LogP) is 1.14. The summed E-state index contributed by atoms with van der Waals surface area (Å²) in [4.78, 5) is 18.8. The van der Waals surface area contributed by atoms with E-state index in [9.17, 15) is 4.79 Å². The maximum Gasteiger partial charge on any atom is 0.311 e. The van der Waals surface area contributed by atoms with E-state index in [0.29, 0.717) is 12.4 Å². The highest BCUT2D eigenvalue weighted by atomic mass is 16.4. The number of aromatic nitrogens is 2. The minimum Gasteiger partial charge on any atom is -0.481 e. The van der Waals surface area contributed by atoms with E-state index < -0.39 is 11.4 Å². The van der Waals surface area contributed by atoms with Gasteiger partial charge in [0, 0.05) is 12.7 Å². The molecular formula is C10H13N3O2. The fraction of sp³-hybridized carbons (Fsp3) is 0.500. The van der Waals surface area contributed by atoms with E-state index in [0.717, 1.165) is 19.3 Å². The maximum atomic E-state index is 11.1. The van der Waals surface area contributed by atoms with Crippen LogP contribution in [0.4, 0.5) is 5.82 Å². The maximum absolute atomic E-state index is 11.1. The Balaban J connectivity index is 1.95. The van der Waals surface area contributed by atoms with Crippen molar-refractivity contribution in [3.63, 3.8) is 0 Å². The first kappa shape index (κ1) is 9.89. The van der Waals surface area contributed by atoms with Gasteiger partial charge in [-0.15, -0.1) is 0 Å². The van der Waals surface area contributed by atoms with Crippen molar-refractivity contribution >= 4 is 11.8 Å². The van der Waals surface area contributed by atoms with E-state index in [1.54, 1.807) is 12.3 Å². The molecule has 0 unspecified atom stereocenters. The third-order valence-electron chi connectivity index (χ3n) is 2.95. The number of nitrogens with zero attached hydrogens (tertiary/aromatic N) is 2. The molecule has 0 saturated heterocycles. The average molecular weight is 207 g/mol. The van der Waals surface area contributed by atoms with Gasteiger partial charge in [-0.05, 0) is 18.9 Å². The molecule has 0 bridgehead atoms. The van der Waals surface area contributed by atoms with Gasteiger partial charge in [-0.1, -0.05) is 6.42 Å². The fourth-order valence-corrected chi connectivity index (χ4v) is 1.72. The molecule has 0 amide bonds. The van der Waals surface area contributed by atoms with Crippen LogP contribution in [0.2, 0.25) is 0 Å². The summed E-state index contributed by atoms with van der Waals surface area (Å²) in [5, 5.41) is 12.1. The van der Waals surface area contributed by atoms with E-state index in [4.69, 9.17) is 5.11 Å². The van der Waals surface area contributed by atoms with Crippen molar-refractivity contribution in [1.82, 2.24) is 9.97 Å². The summed E-state index contributed by atoms with van der Waals surface area (Å²) in [5.74, 6) is -0.0344. The second kappa shape index (κ2) is 3.84. The first-order chi connectivity index (χ1) is 7.23. The topological polar surface area (TPSA) is 75.1 Å². The number of carbonyl (C=O) groups is 1. The highest BCUT2D eigenvalue weighted by molar-refractivity contribution is 5.76. The molecule has 5 nitrogen and oxygen atoms in total. The van der Waals surface area contributed by atoms with E-state index in [2.05, 4.69) is 15.3 Å². The Morgan fingerprint density at radius 1 is 1.60 bits per heavy atom. The van der Waals surface area contributed by atoms with E-state index in [-0.39, 0.29) is 0 Å². The molecule has 1 aliphatic carbocycles. The van der Waals surface area contributed by atoms with Gasteiger partial charge >= 0.3 is 5.97 Å². The van der Waals surface area contributed by atoms with E-state index in [1.165, 1.54) is 6.33 Å². The van der Waals surface area contributed by atoms with Gasteiger partial charge in [-0.2, -0.15) is 0 Å². The number of carboxylic acid groups (broad SMARTS) is 1. The fourth-order valence-electron chi connectivity index (χ4n) is 1.72. The molecule has 1 saturated carbocycles. The molecule has 2 rings (SSSR count). The quantitative estimate of drug-likeness (QED) is 0.774. The number of rotatable bonds is 4. The van der Waals surface area contributed by atoms with Gasteiger partial charge in [0.2, 0.25) is 0 Å². The Morgan fingerprint density at radius 2 is 2.40 bits per heavy atom. The van der Waals surface area contributed by atoms with Gasteiger partial charge in [0.15, 0.2) is 0 Å². The molecule has 1 fully saturated rings. The standard InChI is InChI=1S/C10H13N3O2/c14-9(15)10(3-1-4-10)6-12-8-2-5-11-7-13-8/h2,5,7H,1,3-4,6H2,(H,14,15)(H,11,12,13). The average Bonchev–Trinajstić information content (AvgIpc) is 2.17. The Labute approximate surface area is 87.6 Å². The summed E-state index contributed by atoms with van der Waals surface area (Å²) < 4.78 is 0. The van der Waals surface area contributed by atoms with Gasteiger partial charge < -0.3 is 10.4 Å². The van der Waals surface area contributed by atoms with Gasteiger partial charge in [0.05, 0.1) is 5.41 Å². The van der Waals surface area contributed by atoms with Gasteiger partial charge in [0.1, 0.15) is 12.1 Å². The highest BCUT2D eigenvalue weighted by Gasteiger charge is 2.44. The number of hydrogen-bond acceptors (Lipinski definition) is 4. The summed E-state index contributed by atoms with van der Waals surface area (Å²) >= 11 is 0. The number of carboxylic acids is 1. The summed E-state index contributed by atoms with van der Waals surface area (Å²) in [6.45, 7) is 0.444. The van der Waals surface area contributed by atoms with Gasteiger partial charge in [0.25, 0.3) is 0 Å². The molecule has 0 aliphatic heterocycles. The van der Waals surface area contributed by atoms with Crippen LogP contribution in [-0.2, 0) is 4.79 Å². The van der Waals surface area contributed by atoms with Crippen LogP contribution in [0, 0.1) is 5.41 Å². The molecular weight excluding hydrogens is 194 g/mol. The van der Waals surface area contributed by atoms with Gasteiger partial charge in [-0.3, -0.25) is 4.79 Å². The predicted molar refractivity (Wildman–Crippen MR) is 54.4 cm³/mol. The van der Waals surface area contributed by atoms with E-state index in [1.807, 2.05) is 0 Å². The summed E-state index contributed by atoms with van der Waals surface area (Å²) in [6.07, 6.45) is 5.57. The molecule has 80 valence electrons. The smallest absolute Gasteiger partial charge is 0.311 e. The largest absolute Gasteiger partial charge is 0.481 e. The van der Waals surface area contributed by atoms with Crippen molar-refractivity contribution in [3.8, 4) is 0 Å². The van der Waals surface area contributed by atoms with Crippen molar-refractivity contribution in [2.45, 2.75) is 19.3 Å². The molecule has 5 heteroatoms. The number of nitrogens with one attached hydrogen (secondary N) is 1. The Morgan fingerprint density at radius 3 is 2.87 bits per heavy atom. The van der Waals surface area contributed by atoms with Crippen LogP contribution in [0.1, 0.15) is 19.3 Å². The van der Waals surface area contributed by atoms with Crippen molar-refractivity contribution in [3.05, 3.63) is 18.6 Å². The molecule has 0 atom stereocenters. The third kappa shape index (κ3) is 1.91. The van der Waals surface area contributed by atoms with Crippen LogP contribution in [0.5, 0.6) is 0 Å². The minimum absolute atomic E-state index is 0.444. The normalized spacial score (nSPS) is 17.9. The van der Waals surface area contributed by atoms with Crippen LogP contribution >= 0.6 is 0 Å². The molecule has 15 heavy (non-hydrogen) atoms. The molecule has 1 heterocycles. The van der Waals surface area contributed by atoms with Crippen molar-refractivity contribution in [2.24, 2.45) is 5.41 Å². The second-order valence-corrected chi connectivity index (χ2v) is 3.89. The first-order valence-electron chi connectivity index (χ1n) is 4.96. The second-order valence-electron chi connectivity index (χ2n) is 3.89. The lowest BCUT2D eigenvalue weighted by Crippen LogP contribution is -2.43. The van der Waals surface area contributed by atoms with Crippen LogP contribution in [0.3, 0.4) is 0 Å². The molecule has 1 aromatic rings. The molecule has 1 aromatic heterocycles. The van der Waals surface area contributed by atoms with Crippen LogP contribution < -0.4 is 5.32 Å². The van der Waals surface area contributed by atoms with Gasteiger partial charge in [-0.25, -0.2) is 9.97 Å². The highest BCUT2D eigenvalue weighted by Crippen LogP contribution is 2.41. The third-order valence-corrected chi connectivity index (χ3v) is 2.95. The lowest BCUT2D eigenvalue weighted by atomic mass is 9.69. The van der Waals surface area contributed by atoms with E-state index >= 15 is 0 Å². The van der Waals surface area contributed by atoms with Crippen LogP contribution in [-0.4, -0.2) is 27.6 Å². The lowest BCUT2D eigenvalue weighted by Gasteiger charge is -2.37. The molecule has 0 radical (unpaired) electrons. The monoisotopic (exact) mass is 207 g/mol. The number of aliphatic carboxylic acids is 1. The number of hydrogen-bond donors (Lipinski definition) is 2. The summed E-state index contributed by atoms with van der Waals surface area (Å²) in [5.41, 5.74) is -0.578. The summed E-state index contributed by atoms with van der Waals surface area (Å²) in [6, 6.07) is 1.73.